The maximum Gasteiger partial charge on any atom is 0.0781 e. The van der Waals surface area contributed by atoms with Crippen LogP contribution in [0.4, 0.5) is 0 Å². The highest BCUT2D eigenvalue weighted by Gasteiger charge is 2.04. The molecule has 0 aromatic heterocycles. The van der Waals surface area contributed by atoms with Crippen molar-refractivity contribution < 1.29 is 24.4 Å². The Kier molecular flexibility index (Phi) is 105. The van der Waals surface area contributed by atoms with Crippen molar-refractivity contribution in [3.63, 3.8) is 0 Å². The summed E-state index contributed by atoms with van der Waals surface area (Å²) in [6, 6.07) is 0. The monoisotopic (exact) mass is 408 g/mol. The van der Waals surface area contributed by atoms with Gasteiger partial charge in [0.2, 0.25) is 0 Å². The van der Waals surface area contributed by atoms with Crippen molar-refractivity contribution in [2.24, 2.45) is 0 Å². The summed E-state index contributed by atoms with van der Waals surface area (Å²) in [6.45, 7) is 7.94. The first-order chi connectivity index (χ1) is 8.52. The Balaban J connectivity index is -0.0000000401. The average Bonchev–Trinajstić information content (AvgIpc) is 2.29. The molecular weight excluding hydrogens is 344 g/mol. The minimum Gasteiger partial charge on any atom is -0.391 e. The van der Waals surface area contributed by atoms with Gasteiger partial charge in [-0.05, 0) is 33.6 Å². The normalized spacial score (nSPS) is 11.0. The highest BCUT2D eigenvalue weighted by molar-refractivity contribution is 4.50. The van der Waals surface area contributed by atoms with Gasteiger partial charge in [-0.3, -0.25) is 0 Å². The number of ether oxygens (including phenoxy) is 3. The Morgan fingerprint density at radius 3 is 1.22 bits per heavy atom. The number of unbranched alkanes of at least 4 members (excludes halogenated alkanes) is 1. The fourth-order valence-corrected chi connectivity index (χ4v) is 1.26. The quantitative estimate of drug-likeness (QED) is 0.352. The second-order valence-electron chi connectivity index (χ2n) is 4.70. The van der Waals surface area contributed by atoms with Gasteiger partial charge in [0.25, 0.3) is 0 Å². The van der Waals surface area contributed by atoms with E-state index in [1.807, 2.05) is 6.92 Å². The number of aliphatic hydroxyl groups is 2. The van der Waals surface area contributed by atoms with Gasteiger partial charge in [0.1, 0.15) is 0 Å². The molecule has 0 aromatic rings. The molecule has 182 valence electrons. The second kappa shape index (κ2) is 44.9. The van der Waals surface area contributed by atoms with Gasteiger partial charge >= 0.3 is 0 Å². The van der Waals surface area contributed by atoms with Gasteiger partial charge in [0.15, 0.2) is 0 Å². The maximum absolute atomic E-state index is 9.03. The molecule has 0 amide bonds. The molecule has 0 spiro atoms. The van der Waals surface area contributed by atoms with Crippen LogP contribution < -0.4 is 0 Å². The van der Waals surface area contributed by atoms with Crippen LogP contribution in [0.1, 0.15) is 100 Å². The molecule has 0 rings (SSSR count). The van der Waals surface area contributed by atoms with E-state index in [9.17, 15) is 0 Å². The Labute approximate surface area is 176 Å². The van der Waals surface area contributed by atoms with Crippen molar-refractivity contribution in [3.8, 4) is 0 Å². The first kappa shape index (κ1) is 63.2. The Morgan fingerprint density at radius 1 is 0.556 bits per heavy atom. The fraction of sp³-hybridized carbons (Fsp3) is 1.00. The first-order valence-electron chi connectivity index (χ1n) is 6.65. The number of aliphatic hydroxyl groups excluding tert-OH is 2. The van der Waals surface area contributed by atoms with Crippen molar-refractivity contribution in [2.75, 3.05) is 33.0 Å². The third-order valence-corrected chi connectivity index (χ3v) is 2.16. The number of hydrogen-bond donors (Lipinski definition) is 2. The largest absolute Gasteiger partial charge is 0.391 e. The van der Waals surface area contributed by atoms with E-state index in [2.05, 4.69) is 0 Å². The molecule has 3 atom stereocenters. The summed E-state index contributed by atoms with van der Waals surface area (Å²) in [6.07, 6.45) is 1.04. The van der Waals surface area contributed by atoms with E-state index in [0.29, 0.717) is 33.0 Å². The molecule has 0 aliphatic carbocycles. The fourth-order valence-electron chi connectivity index (χ4n) is 1.26. The van der Waals surface area contributed by atoms with Crippen LogP contribution in [0, 0.1) is 0 Å². The van der Waals surface area contributed by atoms with Crippen LogP contribution >= 0.6 is 0 Å². The molecule has 0 saturated carbocycles. The first-order valence-corrected chi connectivity index (χ1v) is 6.65. The lowest BCUT2D eigenvalue weighted by molar-refractivity contribution is -0.0376. The molecule has 0 aliphatic rings. The summed E-state index contributed by atoms with van der Waals surface area (Å²) < 4.78 is 16.0. The van der Waals surface area contributed by atoms with Gasteiger partial charge in [-0.15, -0.1) is 0 Å². The predicted molar refractivity (Wildman–Crippen MR) is 130 cm³/mol. The maximum atomic E-state index is 9.03. The van der Waals surface area contributed by atoms with Crippen molar-refractivity contribution in [2.45, 2.75) is 119 Å². The summed E-state index contributed by atoms with van der Waals surface area (Å²) in [5.74, 6) is 0. The van der Waals surface area contributed by atoms with E-state index in [1.165, 1.54) is 0 Å². The molecule has 0 saturated heterocycles. The van der Waals surface area contributed by atoms with Gasteiger partial charge in [-0.2, -0.15) is 0 Å². The molecule has 0 fully saturated rings. The van der Waals surface area contributed by atoms with Crippen molar-refractivity contribution in [1.29, 1.82) is 0 Å². The van der Waals surface area contributed by atoms with Crippen LogP contribution in [0.25, 0.3) is 0 Å². The van der Waals surface area contributed by atoms with Gasteiger partial charge in [0, 0.05) is 13.2 Å². The van der Waals surface area contributed by atoms with Gasteiger partial charge in [0.05, 0.1) is 38.1 Å². The lowest BCUT2D eigenvalue weighted by Gasteiger charge is -2.14. The molecule has 0 aromatic carbocycles. The smallest absolute Gasteiger partial charge is 0.0781 e. The SMILES string of the molecule is C.C.C.C.C.C.C.C.C.CC(O)COCCCCOCC(C)OCC(C)O. The lowest BCUT2D eigenvalue weighted by atomic mass is 10.3. The van der Waals surface area contributed by atoms with Crippen LogP contribution in [0.5, 0.6) is 0 Å². The van der Waals surface area contributed by atoms with E-state index in [4.69, 9.17) is 24.4 Å². The molecular formula is C22H64O5. The zero-order valence-corrected chi connectivity index (χ0v) is 11.8. The molecule has 3 unspecified atom stereocenters. The molecule has 0 heterocycles. The van der Waals surface area contributed by atoms with Crippen LogP contribution in [0.3, 0.4) is 0 Å². The van der Waals surface area contributed by atoms with Crippen LogP contribution in [-0.2, 0) is 14.2 Å². The van der Waals surface area contributed by atoms with Gasteiger partial charge in [-0.1, -0.05) is 66.8 Å². The average molecular weight is 409 g/mol. The Hall–Kier alpha value is -0.200. The van der Waals surface area contributed by atoms with E-state index in [1.54, 1.807) is 13.8 Å². The van der Waals surface area contributed by atoms with Crippen molar-refractivity contribution in [1.82, 2.24) is 0 Å². The summed E-state index contributed by atoms with van der Waals surface area (Å²) in [5, 5.41) is 18.0. The molecule has 5 nitrogen and oxygen atoms in total. The third kappa shape index (κ3) is 58.5. The molecule has 27 heavy (non-hydrogen) atoms. The molecule has 5 heteroatoms. The third-order valence-electron chi connectivity index (χ3n) is 2.16. The van der Waals surface area contributed by atoms with Crippen LogP contribution in [0.2, 0.25) is 0 Å². The van der Waals surface area contributed by atoms with E-state index < -0.39 is 12.2 Å². The van der Waals surface area contributed by atoms with Crippen molar-refractivity contribution >= 4 is 0 Å². The van der Waals surface area contributed by atoms with Gasteiger partial charge in [-0.25, -0.2) is 0 Å². The number of rotatable bonds is 12. The van der Waals surface area contributed by atoms with E-state index >= 15 is 0 Å². The molecule has 2 N–H and O–H groups in total. The zero-order valence-electron chi connectivity index (χ0n) is 11.8. The molecule has 0 aliphatic heterocycles. The summed E-state index contributed by atoms with van der Waals surface area (Å²) in [5.41, 5.74) is 0. The van der Waals surface area contributed by atoms with Crippen molar-refractivity contribution in [3.05, 3.63) is 0 Å². The second-order valence-corrected chi connectivity index (χ2v) is 4.70. The highest BCUT2D eigenvalue weighted by Crippen LogP contribution is 1.97. The summed E-state index contributed by atoms with van der Waals surface area (Å²) in [4.78, 5) is 0. The minimum absolute atomic E-state index is 0. The van der Waals surface area contributed by atoms with Crippen LogP contribution in [0.15, 0.2) is 0 Å². The lowest BCUT2D eigenvalue weighted by Crippen LogP contribution is -2.21. The summed E-state index contributed by atoms with van der Waals surface area (Å²) >= 11 is 0. The topological polar surface area (TPSA) is 68.2 Å². The standard InChI is InChI=1S/C13H28O5.9CH4/c1-11(14)8-16-6-4-5-7-17-10-13(3)18-9-12(2)15;;;;;;;;;/h11-15H,4-10H2,1-3H3;9*1H4. The van der Waals surface area contributed by atoms with E-state index in [-0.39, 0.29) is 72.9 Å². The summed E-state index contributed by atoms with van der Waals surface area (Å²) in [7, 11) is 0. The van der Waals surface area contributed by atoms with Crippen LogP contribution in [-0.4, -0.2) is 61.6 Å². The van der Waals surface area contributed by atoms with Gasteiger partial charge < -0.3 is 24.4 Å². The predicted octanol–water partition coefficient (Wildman–Crippen LogP) is 6.69. The highest BCUT2D eigenvalue weighted by atomic mass is 16.5. The zero-order chi connectivity index (χ0) is 13.8. The number of hydrogen-bond acceptors (Lipinski definition) is 5. The Bertz CT molecular complexity index is 176. The molecule has 0 bridgehead atoms. The van der Waals surface area contributed by atoms with E-state index in [0.717, 1.165) is 12.8 Å². The molecule has 0 radical (unpaired) electrons. The Morgan fingerprint density at radius 2 is 0.889 bits per heavy atom. The minimum atomic E-state index is -0.432.